The van der Waals surface area contributed by atoms with E-state index in [2.05, 4.69) is 24.3 Å². The first kappa shape index (κ1) is 19.6. The molecular formula is C20H27N3O3S. The van der Waals surface area contributed by atoms with Crippen molar-refractivity contribution in [1.82, 2.24) is 9.78 Å². The van der Waals surface area contributed by atoms with Gasteiger partial charge in [0.2, 0.25) is 5.91 Å². The Kier molecular flexibility index (Phi) is 5.99. The molecule has 3 rings (SSSR count). The maximum Gasteiger partial charge on any atom is 0.270 e. The Balaban J connectivity index is 2.04. The van der Waals surface area contributed by atoms with Gasteiger partial charge in [0.1, 0.15) is 11.6 Å². The number of fused-ring (bicyclic) bond motifs is 1. The number of carbonyl (C=O) groups excluding carboxylic acids is 1. The van der Waals surface area contributed by atoms with Crippen LogP contribution in [-0.4, -0.2) is 27.5 Å². The summed E-state index contributed by atoms with van der Waals surface area (Å²) in [7, 11) is 0. The highest BCUT2D eigenvalue weighted by atomic mass is 32.2. The third-order valence-corrected chi connectivity index (χ3v) is 6.00. The molecule has 0 bridgehead atoms. The predicted octanol–water partition coefficient (Wildman–Crippen LogP) is 4.10. The molecule has 1 aromatic heterocycles. The Morgan fingerprint density at radius 1 is 1.19 bits per heavy atom. The van der Waals surface area contributed by atoms with Crippen LogP contribution in [0.2, 0.25) is 0 Å². The van der Waals surface area contributed by atoms with Crippen molar-refractivity contribution >= 4 is 23.5 Å². The molecule has 0 aliphatic carbocycles. The van der Waals surface area contributed by atoms with Gasteiger partial charge >= 0.3 is 0 Å². The number of H-pyrrole nitrogens is 1. The van der Waals surface area contributed by atoms with Crippen molar-refractivity contribution < 1.29 is 9.53 Å². The van der Waals surface area contributed by atoms with E-state index in [1.165, 1.54) is 11.8 Å². The van der Waals surface area contributed by atoms with E-state index in [-0.39, 0.29) is 28.9 Å². The molecule has 0 spiro atoms. The molecule has 7 heteroatoms. The molecule has 146 valence electrons. The minimum Gasteiger partial charge on any atom is -0.491 e. The highest BCUT2D eigenvalue weighted by molar-refractivity contribution is 8.00. The number of benzene rings is 1. The molecule has 1 aliphatic heterocycles. The minimum atomic E-state index is -0.202. The summed E-state index contributed by atoms with van der Waals surface area (Å²) in [6, 6.07) is 7.93. The first-order valence-electron chi connectivity index (χ1n) is 9.47. The van der Waals surface area contributed by atoms with E-state index in [4.69, 9.17) is 4.74 Å². The van der Waals surface area contributed by atoms with Crippen molar-refractivity contribution in [2.75, 3.05) is 11.1 Å². The number of anilines is 1. The van der Waals surface area contributed by atoms with Crippen molar-refractivity contribution in [3.05, 3.63) is 45.7 Å². The molecule has 0 saturated heterocycles. The molecule has 0 radical (unpaired) electrons. The van der Waals surface area contributed by atoms with Crippen LogP contribution in [0.15, 0.2) is 29.1 Å². The fourth-order valence-electron chi connectivity index (χ4n) is 3.43. The molecule has 2 aromatic rings. The third-order valence-electron chi connectivity index (χ3n) is 4.73. The molecule has 2 N–H and O–H groups in total. The van der Waals surface area contributed by atoms with Crippen LogP contribution in [0.3, 0.4) is 0 Å². The van der Waals surface area contributed by atoms with E-state index >= 15 is 0 Å². The van der Waals surface area contributed by atoms with Crippen LogP contribution in [-0.2, 0) is 4.79 Å². The average molecular weight is 390 g/mol. The van der Waals surface area contributed by atoms with Gasteiger partial charge in [-0.15, -0.1) is 11.8 Å². The first-order valence-corrected chi connectivity index (χ1v) is 10.5. The zero-order valence-corrected chi connectivity index (χ0v) is 17.1. The number of aromatic amines is 1. The van der Waals surface area contributed by atoms with Gasteiger partial charge < -0.3 is 10.1 Å². The summed E-state index contributed by atoms with van der Waals surface area (Å²) in [5.74, 6) is 1.63. The fraction of sp³-hybridized carbons (Fsp3) is 0.500. The van der Waals surface area contributed by atoms with Gasteiger partial charge in [-0.25, -0.2) is 0 Å². The van der Waals surface area contributed by atoms with Gasteiger partial charge in [-0.2, -0.15) is 0 Å². The number of ether oxygens (including phenoxy) is 1. The van der Waals surface area contributed by atoms with Crippen LogP contribution in [0, 0.1) is 0 Å². The number of thioether (sulfide) groups is 1. The molecular weight excluding hydrogens is 362 g/mol. The summed E-state index contributed by atoms with van der Waals surface area (Å²) in [4.78, 5) is 25.1. The lowest BCUT2D eigenvalue weighted by Crippen LogP contribution is -2.19. The maximum atomic E-state index is 12.8. The summed E-state index contributed by atoms with van der Waals surface area (Å²) in [5, 5.41) is 5.69. The molecule has 6 nitrogen and oxygen atoms in total. The highest BCUT2D eigenvalue weighted by Gasteiger charge is 2.31. The number of nitrogens with zero attached hydrogens (tertiary/aromatic N) is 1. The normalized spacial score (nSPS) is 17.0. The van der Waals surface area contributed by atoms with Gasteiger partial charge in [-0.05, 0) is 44.4 Å². The molecule has 1 aliphatic rings. The van der Waals surface area contributed by atoms with Gasteiger partial charge in [0.25, 0.3) is 5.56 Å². The van der Waals surface area contributed by atoms with Gasteiger partial charge in [0.05, 0.1) is 28.7 Å². The monoisotopic (exact) mass is 389 g/mol. The van der Waals surface area contributed by atoms with Crippen LogP contribution >= 0.6 is 11.8 Å². The minimum absolute atomic E-state index is 0.0813. The van der Waals surface area contributed by atoms with Crippen molar-refractivity contribution in [1.29, 1.82) is 0 Å². The summed E-state index contributed by atoms with van der Waals surface area (Å²) in [6.07, 6.45) is 1.86. The van der Waals surface area contributed by atoms with Crippen LogP contribution in [0.25, 0.3) is 0 Å². The number of amides is 1. The predicted molar refractivity (Wildman–Crippen MR) is 110 cm³/mol. The summed E-state index contributed by atoms with van der Waals surface area (Å²) >= 11 is 1.48. The molecule has 27 heavy (non-hydrogen) atoms. The lowest BCUT2D eigenvalue weighted by atomic mass is 10.1. The topological polar surface area (TPSA) is 76.1 Å². The van der Waals surface area contributed by atoms with Gasteiger partial charge in [0.15, 0.2) is 0 Å². The fourth-order valence-corrected chi connectivity index (χ4v) is 4.55. The standard InChI is InChI=1S/C20H27N3O3S/c1-5-14(6-2)23-19-17(20(25)22-23)18(27-11-16(24)21-19)13-7-9-15(10-8-13)26-12(3)4/h7-10,12,14,18H,5-6,11H2,1-4H3,(H,21,24)(H,22,25)/t18-/m1/s1. The summed E-state index contributed by atoms with van der Waals surface area (Å²) in [6.45, 7) is 8.13. The SMILES string of the molecule is CCC(CC)n1[nH]c(=O)c2c1NC(=O)CS[C@@H]2c1ccc(OC(C)C)cc1. The molecule has 1 aromatic carbocycles. The first-order chi connectivity index (χ1) is 12.9. The van der Waals surface area contributed by atoms with Crippen molar-refractivity contribution in [3.8, 4) is 5.75 Å². The van der Waals surface area contributed by atoms with Crippen molar-refractivity contribution in [3.63, 3.8) is 0 Å². The van der Waals surface area contributed by atoms with Gasteiger partial charge in [0, 0.05) is 0 Å². The number of carbonyl (C=O) groups is 1. The number of aromatic nitrogens is 2. The highest BCUT2D eigenvalue weighted by Crippen LogP contribution is 2.41. The second kappa shape index (κ2) is 8.25. The number of rotatable bonds is 6. The molecule has 1 amide bonds. The number of hydrogen-bond acceptors (Lipinski definition) is 4. The van der Waals surface area contributed by atoms with E-state index in [1.807, 2.05) is 42.8 Å². The van der Waals surface area contributed by atoms with Gasteiger partial charge in [-0.3, -0.25) is 19.4 Å². The maximum absolute atomic E-state index is 12.8. The Morgan fingerprint density at radius 2 is 1.85 bits per heavy atom. The van der Waals surface area contributed by atoms with E-state index < -0.39 is 0 Å². The smallest absolute Gasteiger partial charge is 0.270 e. The molecule has 0 fully saturated rings. The van der Waals surface area contributed by atoms with E-state index in [0.717, 1.165) is 24.2 Å². The summed E-state index contributed by atoms with van der Waals surface area (Å²) < 4.78 is 7.55. The molecule has 1 atom stereocenters. The number of nitrogens with one attached hydrogen (secondary N) is 2. The zero-order valence-electron chi connectivity index (χ0n) is 16.2. The second-order valence-electron chi connectivity index (χ2n) is 7.02. The second-order valence-corrected chi connectivity index (χ2v) is 8.11. The van der Waals surface area contributed by atoms with E-state index in [0.29, 0.717) is 17.1 Å². The van der Waals surface area contributed by atoms with Crippen LogP contribution in [0.5, 0.6) is 5.75 Å². The van der Waals surface area contributed by atoms with Crippen LogP contribution in [0.1, 0.15) is 63.0 Å². The van der Waals surface area contributed by atoms with Crippen LogP contribution in [0.4, 0.5) is 5.82 Å². The molecule has 2 heterocycles. The average Bonchev–Trinajstić information content (AvgIpc) is 2.83. The third kappa shape index (κ3) is 4.08. The summed E-state index contributed by atoms with van der Waals surface area (Å²) in [5.41, 5.74) is 1.47. The van der Waals surface area contributed by atoms with E-state index in [9.17, 15) is 9.59 Å². The molecule has 0 saturated carbocycles. The lowest BCUT2D eigenvalue weighted by molar-refractivity contribution is -0.113. The Labute approximate surface area is 163 Å². The van der Waals surface area contributed by atoms with Crippen molar-refractivity contribution in [2.45, 2.75) is 57.9 Å². The zero-order chi connectivity index (χ0) is 19.6. The van der Waals surface area contributed by atoms with E-state index in [1.54, 1.807) is 0 Å². The Bertz CT molecular complexity index is 850. The largest absolute Gasteiger partial charge is 0.491 e. The molecule has 0 unspecified atom stereocenters. The van der Waals surface area contributed by atoms with Crippen molar-refractivity contribution in [2.24, 2.45) is 0 Å². The Hall–Kier alpha value is -2.15. The Morgan fingerprint density at radius 3 is 2.44 bits per heavy atom. The lowest BCUT2D eigenvalue weighted by Gasteiger charge is -2.18. The van der Waals surface area contributed by atoms with Gasteiger partial charge in [-0.1, -0.05) is 26.0 Å². The quantitative estimate of drug-likeness (QED) is 0.780. The number of hydrogen-bond donors (Lipinski definition) is 2. The van der Waals surface area contributed by atoms with Crippen LogP contribution < -0.4 is 15.6 Å².